The lowest BCUT2D eigenvalue weighted by molar-refractivity contribution is -0.135. The Balaban J connectivity index is 1.36. The van der Waals surface area contributed by atoms with E-state index in [4.69, 9.17) is 4.74 Å². The fraction of sp³-hybridized carbons (Fsp3) is 0.308. The molecule has 1 aromatic heterocycles. The number of ether oxygens (including phenoxy) is 1. The van der Waals surface area contributed by atoms with E-state index in [2.05, 4.69) is 0 Å². The molecule has 0 N–H and O–H groups in total. The first-order valence-corrected chi connectivity index (χ1v) is 12.2. The Hall–Kier alpha value is -3.26. The van der Waals surface area contributed by atoms with Crippen molar-refractivity contribution in [3.63, 3.8) is 0 Å². The van der Waals surface area contributed by atoms with Crippen molar-refractivity contribution < 1.29 is 23.1 Å². The number of para-hydroxylation sites is 1. The van der Waals surface area contributed by atoms with Gasteiger partial charge in [-0.25, -0.2) is 8.78 Å². The summed E-state index contributed by atoms with van der Waals surface area (Å²) in [6.45, 7) is 0.443. The molecule has 2 amide bonds. The van der Waals surface area contributed by atoms with Crippen molar-refractivity contribution in [3.8, 4) is 5.75 Å². The van der Waals surface area contributed by atoms with E-state index < -0.39 is 23.6 Å². The first kappa shape index (κ1) is 22.5. The molecule has 1 aliphatic heterocycles. The lowest BCUT2D eigenvalue weighted by Gasteiger charge is -2.37. The molecule has 2 heterocycles. The lowest BCUT2D eigenvalue weighted by atomic mass is 10.0. The normalized spacial score (nSPS) is 17.2. The number of halogens is 2. The molecular formula is C26H24F2N2O3S. The van der Waals surface area contributed by atoms with Gasteiger partial charge in [0.15, 0.2) is 11.6 Å². The number of fused-ring (bicyclic) bond motifs is 1. The largest absolute Gasteiger partial charge is 0.488 e. The third-order valence-electron chi connectivity index (χ3n) is 6.31. The molecule has 1 atom stereocenters. The zero-order chi connectivity index (χ0) is 23.7. The van der Waals surface area contributed by atoms with Crippen LogP contribution in [0.2, 0.25) is 0 Å². The first-order chi connectivity index (χ1) is 16.5. The van der Waals surface area contributed by atoms with Crippen LogP contribution < -0.4 is 4.74 Å². The fourth-order valence-corrected chi connectivity index (χ4v) is 5.31. The van der Waals surface area contributed by atoms with Gasteiger partial charge in [0, 0.05) is 17.5 Å². The Bertz CT molecular complexity index is 1210. The van der Waals surface area contributed by atoms with Crippen LogP contribution in [0, 0.1) is 11.6 Å². The summed E-state index contributed by atoms with van der Waals surface area (Å²) in [7, 11) is 0. The highest BCUT2D eigenvalue weighted by molar-refractivity contribution is 7.10. The monoisotopic (exact) mass is 482 g/mol. The number of amides is 2. The molecule has 5 nitrogen and oxygen atoms in total. The average Bonchev–Trinajstić information content (AvgIpc) is 3.57. The Labute approximate surface area is 200 Å². The number of nitrogens with zero attached hydrogens (tertiary/aromatic N) is 2. The molecule has 1 aliphatic carbocycles. The van der Waals surface area contributed by atoms with Gasteiger partial charge in [0.2, 0.25) is 5.91 Å². The van der Waals surface area contributed by atoms with Gasteiger partial charge in [0.1, 0.15) is 19.0 Å². The summed E-state index contributed by atoms with van der Waals surface area (Å²) in [4.78, 5) is 31.0. The van der Waals surface area contributed by atoms with Crippen LogP contribution in [0.25, 0.3) is 0 Å². The van der Waals surface area contributed by atoms with Gasteiger partial charge in [-0.1, -0.05) is 24.3 Å². The quantitative estimate of drug-likeness (QED) is 0.485. The number of carbonyl (C=O) groups is 2. The molecular weight excluding hydrogens is 458 g/mol. The van der Waals surface area contributed by atoms with Crippen molar-refractivity contribution in [3.05, 3.63) is 87.6 Å². The fourth-order valence-electron chi connectivity index (χ4n) is 4.38. The van der Waals surface area contributed by atoms with Crippen molar-refractivity contribution in [1.82, 2.24) is 9.80 Å². The molecule has 2 aliphatic rings. The molecule has 0 bridgehead atoms. The minimum Gasteiger partial charge on any atom is -0.488 e. The second kappa shape index (κ2) is 9.54. The Morgan fingerprint density at radius 1 is 1.03 bits per heavy atom. The second-order valence-corrected chi connectivity index (χ2v) is 9.54. The van der Waals surface area contributed by atoms with Crippen molar-refractivity contribution in [2.75, 3.05) is 19.7 Å². The number of hydrogen-bond acceptors (Lipinski definition) is 4. The van der Waals surface area contributed by atoms with E-state index in [1.54, 1.807) is 40.5 Å². The van der Waals surface area contributed by atoms with Gasteiger partial charge in [-0.3, -0.25) is 9.59 Å². The van der Waals surface area contributed by atoms with Crippen LogP contribution in [-0.2, 0) is 11.2 Å². The number of hydrogen-bond donors (Lipinski definition) is 0. The molecule has 0 unspecified atom stereocenters. The van der Waals surface area contributed by atoms with Crippen LogP contribution in [0.4, 0.5) is 8.78 Å². The van der Waals surface area contributed by atoms with Gasteiger partial charge in [-0.15, -0.1) is 11.3 Å². The molecule has 0 spiro atoms. The third-order valence-corrected chi connectivity index (χ3v) is 7.30. The molecule has 0 radical (unpaired) electrons. The van der Waals surface area contributed by atoms with Crippen LogP contribution in [0.1, 0.15) is 39.7 Å². The maximum absolute atomic E-state index is 14.3. The summed E-state index contributed by atoms with van der Waals surface area (Å²) in [5, 5.41) is 1.98. The lowest BCUT2D eigenvalue weighted by Crippen LogP contribution is -2.48. The van der Waals surface area contributed by atoms with E-state index >= 15 is 0 Å². The molecule has 1 fully saturated rings. The Kier molecular flexibility index (Phi) is 6.32. The van der Waals surface area contributed by atoms with Crippen LogP contribution in [0.5, 0.6) is 5.75 Å². The van der Waals surface area contributed by atoms with Gasteiger partial charge < -0.3 is 14.5 Å². The van der Waals surface area contributed by atoms with E-state index in [9.17, 15) is 18.4 Å². The minimum absolute atomic E-state index is 0.0274. The van der Waals surface area contributed by atoms with Crippen molar-refractivity contribution >= 4 is 23.2 Å². The first-order valence-electron chi connectivity index (χ1n) is 11.3. The summed E-state index contributed by atoms with van der Waals surface area (Å²) >= 11 is 1.63. The van der Waals surface area contributed by atoms with Crippen molar-refractivity contribution in [2.24, 2.45) is 0 Å². The summed E-state index contributed by atoms with van der Waals surface area (Å²) in [6, 6.07) is 13.5. The smallest absolute Gasteiger partial charge is 0.257 e. The van der Waals surface area contributed by atoms with Crippen LogP contribution in [0.3, 0.4) is 0 Å². The van der Waals surface area contributed by atoms with Gasteiger partial charge in [0.25, 0.3) is 5.91 Å². The molecule has 5 rings (SSSR count). The number of carbonyl (C=O) groups excluding carboxylic acids is 2. The maximum atomic E-state index is 14.3. The van der Waals surface area contributed by atoms with Crippen LogP contribution >= 0.6 is 11.3 Å². The van der Waals surface area contributed by atoms with Gasteiger partial charge in [0.05, 0.1) is 11.6 Å². The molecule has 0 saturated heterocycles. The predicted octanol–water partition coefficient (Wildman–Crippen LogP) is 4.84. The zero-order valence-electron chi connectivity index (χ0n) is 18.5. The number of benzene rings is 2. The van der Waals surface area contributed by atoms with E-state index in [1.165, 1.54) is 34.0 Å². The Morgan fingerprint density at radius 2 is 1.76 bits per heavy atom. The Morgan fingerprint density at radius 3 is 2.50 bits per heavy atom. The van der Waals surface area contributed by atoms with E-state index in [0.717, 1.165) is 18.4 Å². The number of thiophene rings is 1. The highest BCUT2D eigenvalue weighted by Gasteiger charge is 2.38. The molecule has 3 aromatic rings. The van der Waals surface area contributed by atoms with Gasteiger partial charge in [-0.2, -0.15) is 0 Å². The third kappa shape index (κ3) is 4.55. The molecule has 8 heteroatoms. The van der Waals surface area contributed by atoms with E-state index in [0.29, 0.717) is 13.0 Å². The predicted molar refractivity (Wildman–Crippen MR) is 125 cm³/mol. The SMILES string of the molecule is O=C(c1ccccc1F)N(CC(=O)N1CCc2sccc2[C@H]1COc1ccccc1F)C1CC1. The second-order valence-electron chi connectivity index (χ2n) is 8.54. The average molecular weight is 483 g/mol. The summed E-state index contributed by atoms with van der Waals surface area (Å²) in [5.41, 5.74) is 0.958. The molecule has 1 saturated carbocycles. The highest BCUT2D eigenvalue weighted by atomic mass is 32.1. The molecule has 34 heavy (non-hydrogen) atoms. The summed E-state index contributed by atoms with van der Waals surface area (Å²) in [5.74, 6) is -1.62. The minimum atomic E-state index is -0.595. The van der Waals surface area contributed by atoms with Crippen molar-refractivity contribution in [1.29, 1.82) is 0 Å². The maximum Gasteiger partial charge on any atom is 0.257 e. The number of rotatable bonds is 7. The van der Waals surface area contributed by atoms with E-state index in [1.807, 2.05) is 11.4 Å². The topological polar surface area (TPSA) is 49.9 Å². The van der Waals surface area contributed by atoms with Crippen molar-refractivity contribution in [2.45, 2.75) is 31.3 Å². The van der Waals surface area contributed by atoms with Gasteiger partial charge in [-0.05, 0) is 60.5 Å². The van der Waals surface area contributed by atoms with Crippen LogP contribution in [-0.4, -0.2) is 47.4 Å². The van der Waals surface area contributed by atoms with E-state index in [-0.39, 0.29) is 36.4 Å². The molecule has 2 aromatic carbocycles. The van der Waals surface area contributed by atoms with Crippen LogP contribution in [0.15, 0.2) is 60.0 Å². The summed E-state index contributed by atoms with van der Waals surface area (Å²) < 4.78 is 34.2. The standard InChI is InChI=1S/C26H24F2N2O3S/c27-20-6-2-1-5-18(20)26(32)30(17-9-10-17)15-25(31)29-13-11-24-19(12-14-34-24)22(29)16-33-23-8-4-3-7-21(23)28/h1-8,12,14,17,22H,9-11,13,15-16H2/t22-/m1/s1. The highest BCUT2D eigenvalue weighted by Crippen LogP contribution is 2.35. The summed E-state index contributed by atoms with van der Waals surface area (Å²) in [6.07, 6.45) is 2.30. The van der Waals surface area contributed by atoms with Gasteiger partial charge >= 0.3 is 0 Å². The molecule has 176 valence electrons. The zero-order valence-corrected chi connectivity index (χ0v) is 19.3.